The molecule has 1 N–H and O–H groups in total. The molecule has 33 heavy (non-hydrogen) atoms. The largest absolute Gasteiger partial charge is 0.461 e. The molecule has 10 heteroatoms. The fraction of sp³-hybridized carbons (Fsp3) is 0.261. The molecule has 8 nitrogen and oxygen atoms in total. The van der Waals surface area contributed by atoms with Crippen LogP contribution in [0.4, 0.5) is 5.13 Å². The minimum absolute atomic E-state index is 0.0996. The number of rotatable bonds is 9. The second kappa shape index (κ2) is 10.7. The monoisotopic (exact) mass is 487 g/mol. The Morgan fingerprint density at radius 2 is 1.76 bits per heavy atom. The van der Waals surface area contributed by atoms with Gasteiger partial charge in [0, 0.05) is 23.5 Å². The van der Waals surface area contributed by atoms with Gasteiger partial charge in [0.1, 0.15) is 0 Å². The lowest BCUT2D eigenvalue weighted by molar-refractivity contribution is 0.0520. The smallest absolute Gasteiger partial charge is 0.357 e. The highest BCUT2D eigenvalue weighted by Gasteiger charge is 2.27. The van der Waals surface area contributed by atoms with E-state index in [4.69, 9.17) is 4.74 Å². The zero-order chi connectivity index (χ0) is 24.0. The normalized spacial score (nSPS) is 11.5. The molecule has 3 aromatic rings. The Kier molecular flexibility index (Phi) is 7.96. The van der Waals surface area contributed by atoms with Gasteiger partial charge in [0.15, 0.2) is 10.8 Å². The Hall–Kier alpha value is -3.08. The molecule has 1 heterocycles. The number of amides is 1. The van der Waals surface area contributed by atoms with Gasteiger partial charge in [-0.15, -0.1) is 11.3 Å². The minimum atomic E-state index is -3.77. The van der Waals surface area contributed by atoms with E-state index < -0.39 is 21.9 Å². The summed E-state index contributed by atoms with van der Waals surface area (Å²) in [6.45, 7) is 5.81. The number of carbonyl (C=O) groups excluding carboxylic acids is 2. The summed E-state index contributed by atoms with van der Waals surface area (Å²) in [5, 5.41) is 4.35. The fourth-order valence-electron chi connectivity index (χ4n) is 3.02. The van der Waals surface area contributed by atoms with Gasteiger partial charge in [-0.1, -0.05) is 30.3 Å². The van der Waals surface area contributed by atoms with Crippen LogP contribution in [0.3, 0.4) is 0 Å². The number of carbonyl (C=O) groups is 2. The SMILES string of the molecule is CCOC(=O)c1csc(NC(=O)c2ccc(S(=O)(=O)N(Cc3ccccc3)C(C)C)cc2)n1. The molecule has 0 saturated carbocycles. The first kappa shape index (κ1) is 24.6. The van der Waals surface area contributed by atoms with E-state index in [-0.39, 0.29) is 40.5 Å². The van der Waals surface area contributed by atoms with Gasteiger partial charge in [0.2, 0.25) is 10.0 Å². The van der Waals surface area contributed by atoms with Crippen molar-refractivity contribution in [1.82, 2.24) is 9.29 Å². The van der Waals surface area contributed by atoms with E-state index in [2.05, 4.69) is 10.3 Å². The van der Waals surface area contributed by atoms with E-state index in [0.717, 1.165) is 16.9 Å². The van der Waals surface area contributed by atoms with Crippen LogP contribution < -0.4 is 5.32 Å². The molecule has 0 atom stereocenters. The highest BCUT2D eigenvalue weighted by atomic mass is 32.2. The molecule has 0 bridgehead atoms. The number of nitrogens with zero attached hydrogens (tertiary/aromatic N) is 2. The Balaban J connectivity index is 1.74. The van der Waals surface area contributed by atoms with Gasteiger partial charge in [-0.25, -0.2) is 18.2 Å². The number of aromatic nitrogens is 1. The van der Waals surface area contributed by atoms with Gasteiger partial charge >= 0.3 is 5.97 Å². The lowest BCUT2D eigenvalue weighted by Gasteiger charge is -2.26. The van der Waals surface area contributed by atoms with Crippen LogP contribution in [0, 0.1) is 0 Å². The third-order valence-corrected chi connectivity index (χ3v) is 7.48. The van der Waals surface area contributed by atoms with Gasteiger partial charge in [-0.3, -0.25) is 10.1 Å². The first-order valence-corrected chi connectivity index (χ1v) is 12.6. The molecule has 0 spiro atoms. The quantitative estimate of drug-likeness (QED) is 0.454. The molecule has 0 saturated heterocycles. The molecular formula is C23H25N3O5S2. The van der Waals surface area contributed by atoms with Crippen LogP contribution in [-0.4, -0.2) is 42.2 Å². The van der Waals surface area contributed by atoms with Gasteiger partial charge in [-0.2, -0.15) is 4.31 Å². The summed E-state index contributed by atoms with van der Waals surface area (Å²) >= 11 is 1.10. The molecule has 0 radical (unpaired) electrons. The third kappa shape index (κ3) is 6.04. The Labute approximate surface area is 197 Å². The van der Waals surface area contributed by atoms with Crippen LogP contribution in [-0.2, 0) is 21.3 Å². The van der Waals surface area contributed by atoms with E-state index in [0.29, 0.717) is 0 Å². The van der Waals surface area contributed by atoms with Crippen molar-refractivity contribution in [3.63, 3.8) is 0 Å². The number of esters is 1. The molecule has 0 aliphatic rings. The van der Waals surface area contributed by atoms with E-state index >= 15 is 0 Å². The predicted octanol–water partition coefficient (Wildman–Crippen LogP) is 4.17. The maximum absolute atomic E-state index is 13.2. The average Bonchev–Trinajstić information content (AvgIpc) is 3.26. The van der Waals surface area contributed by atoms with Crippen molar-refractivity contribution in [2.75, 3.05) is 11.9 Å². The van der Waals surface area contributed by atoms with E-state index in [1.165, 1.54) is 34.0 Å². The molecular weight excluding hydrogens is 462 g/mol. The summed E-state index contributed by atoms with van der Waals surface area (Å²) in [5.41, 5.74) is 1.27. The topological polar surface area (TPSA) is 106 Å². The molecule has 2 aromatic carbocycles. The summed E-state index contributed by atoms with van der Waals surface area (Å²) in [4.78, 5) is 28.4. The van der Waals surface area contributed by atoms with Crippen LogP contribution >= 0.6 is 11.3 Å². The highest BCUT2D eigenvalue weighted by Crippen LogP contribution is 2.22. The molecule has 0 aliphatic heterocycles. The van der Waals surface area contributed by atoms with Crippen molar-refractivity contribution in [2.24, 2.45) is 0 Å². The molecule has 0 fully saturated rings. The van der Waals surface area contributed by atoms with Crippen LogP contribution in [0.1, 0.15) is 47.2 Å². The van der Waals surface area contributed by atoms with Gasteiger partial charge < -0.3 is 4.74 Å². The molecule has 174 valence electrons. The first-order chi connectivity index (χ1) is 15.7. The maximum atomic E-state index is 13.2. The Bertz CT molecular complexity index is 1210. The fourth-order valence-corrected chi connectivity index (χ4v) is 5.32. The lowest BCUT2D eigenvalue weighted by Crippen LogP contribution is -2.36. The standard InChI is InChI=1S/C23H25N3O5S2/c1-4-31-22(28)20-15-32-23(24-20)25-21(27)18-10-12-19(13-11-18)33(29,30)26(16(2)3)14-17-8-6-5-7-9-17/h5-13,15-16H,4,14H2,1-3H3,(H,24,25,27). The van der Waals surface area contributed by atoms with Crippen LogP contribution in [0.2, 0.25) is 0 Å². The summed E-state index contributed by atoms with van der Waals surface area (Å²) in [6, 6.07) is 14.8. The number of thiazole rings is 1. The number of anilines is 1. The van der Waals surface area contributed by atoms with E-state index in [9.17, 15) is 18.0 Å². The van der Waals surface area contributed by atoms with Crippen molar-refractivity contribution in [1.29, 1.82) is 0 Å². The van der Waals surface area contributed by atoms with Crippen LogP contribution in [0.15, 0.2) is 64.9 Å². The number of benzene rings is 2. The number of hydrogen-bond donors (Lipinski definition) is 1. The van der Waals surface area contributed by atoms with Crippen molar-refractivity contribution in [2.45, 2.75) is 38.3 Å². The predicted molar refractivity (Wildman–Crippen MR) is 127 cm³/mol. The Morgan fingerprint density at radius 3 is 2.36 bits per heavy atom. The summed E-state index contributed by atoms with van der Waals surface area (Å²) in [7, 11) is -3.77. The van der Waals surface area contributed by atoms with Crippen LogP contribution in [0.25, 0.3) is 0 Å². The second-order valence-corrected chi connectivity index (χ2v) is 10.1. The van der Waals surface area contributed by atoms with Gasteiger partial charge in [-0.05, 0) is 50.6 Å². The van der Waals surface area contributed by atoms with E-state index in [1.807, 2.05) is 44.2 Å². The minimum Gasteiger partial charge on any atom is -0.461 e. The number of hydrogen-bond acceptors (Lipinski definition) is 7. The second-order valence-electron chi connectivity index (χ2n) is 7.37. The van der Waals surface area contributed by atoms with Crippen molar-refractivity contribution >= 4 is 38.4 Å². The molecule has 1 aromatic heterocycles. The first-order valence-electron chi connectivity index (χ1n) is 10.3. The third-order valence-electron chi connectivity index (χ3n) is 4.69. The molecule has 3 rings (SSSR count). The summed E-state index contributed by atoms with van der Waals surface area (Å²) in [6.07, 6.45) is 0. The number of ether oxygens (including phenoxy) is 1. The highest BCUT2D eigenvalue weighted by molar-refractivity contribution is 7.89. The number of nitrogens with one attached hydrogen (secondary N) is 1. The van der Waals surface area contributed by atoms with Gasteiger partial charge in [0.25, 0.3) is 5.91 Å². The molecule has 0 unspecified atom stereocenters. The van der Waals surface area contributed by atoms with Crippen molar-refractivity contribution < 1.29 is 22.7 Å². The average molecular weight is 488 g/mol. The van der Waals surface area contributed by atoms with Gasteiger partial charge in [0.05, 0.1) is 11.5 Å². The summed E-state index contributed by atoms with van der Waals surface area (Å²) in [5.74, 6) is -1.03. The van der Waals surface area contributed by atoms with Crippen molar-refractivity contribution in [3.05, 3.63) is 76.8 Å². The van der Waals surface area contributed by atoms with E-state index in [1.54, 1.807) is 6.92 Å². The molecule has 1 amide bonds. The number of sulfonamides is 1. The zero-order valence-electron chi connectivity index (χ0n) is 18.5. The van der Waals surface area contributed by atoms with Crippen molar-refractivity contribution in [3.8, 4) is 0 Å². The summed E-state index contributed by atoms with van der Waals surface area (Å²) < 4.78 is 32.8. The molecule has 0 aliphatic carbocycles. The zero-order valence-corrected chi connectivity index (χ0v) is 20.2. The maximum Gasteiger partial charge on any atom is 0.357 e. The lowest BCUT2D eigenvalue weighted by atomic mass is 10.2. The van der Waals surface area contributed by atoms with Crippen LogP contribution in [0.5, 0.6) is 0 Å². The Morgan fingerprint density at radius 1 is 1.09 bits per heavy atom.